The van der Waals surface area contributed by atoms with Gasteiger partial charge in [-0.25, -0.2) is 0 Å². The Labute approximate surface area is 125 Å². The zero-order chi connectivity index (χ0) is 14.5. The van der Waals surface area contributed by atoms with E-state index < -0.39 is 0 Å². The molecule has 0 aliphatic carbocycles. The van der Waals surface area contributed by atoms with Gasteiger partial charge in [0.2, 0.25) is 5.91 Å². The van der Waals surface area contributed by atoms with Crippen LogP contribution in [0.25, 0.3) is 0 Å². The first-order valence-corrected chi connectivity index (χ1v) is 7.48. The summed E-state index contributed by atoms with van der Waals surface area (Å²) in [6.07, 6.45) is 2.00. The molecule has 21 heavy (non-hydrogen) atoms. The van der Waals surface area contributed by atoms with Crippen molar-refractivity contribution < 1.29 is 4.79 Å². The summed E-state index contributed by atoms with van der Waals surface area (Å²) in [5.41, 5.74) is 2.10. The molecule has 0 saturated carbocycles. The van der Waals surface area contributed by atoms with Crippen LogP contribution >= 0.6 is 0 Å². The van der Waals surface area contributed by atoms with Gasteiger partial charge in [-0.2, -0.15) is 0 Å². The molecule has 1 aliphatic heterocycles. The number of rotatable bonds is 4. The van der Waals surface area contributed by atoms with Crippen LogP contribution in [0.5, 0.6) is 0 Å². The monoisotopic (exact) mass is 280 g/mol. The molecule has 0 bridgehead atoms. The van der Waals surface area contributed by atoms with Crippen molar-refractivity contribution in [2.24, 2.45) is 0 Å². The van der Waals surface area contributed by atoms with E-state index >= 15 is 0 Å². The zero-order valence-corrected chi connectivity index (χ0v) is 12.0. The standard InChI is InChI=1S/C18H20N2O/c21-18(17-12-7-13-19-17)20(16-10-5-2-6-11-16)14-15-8-3-1-4-9-15/h1-6,8-11,17,19H,7,12-14H2/t17-/m1/s1. The molecular formula is C18H20N2O. The van der Waals surface area contributed by atoms with Crippen LogP contribution in [0.15, 0.2) is 60.7 Å². The fraction of sp³-hybridized carbons (Fsp3) is 0.278. The predicted octanol–water partition coefficient (Wildman–Crippen LogP) is 2.97. The number of carbonyl (C=O) groups is 1. The third kappa shape index (κ3) is 3.31. The fourth-order valence-electron chi connectivity index (χ4n) is 2.75. The Morgan fingerprint density at radius 2 is 1.71 bits per heavy atom. The van der Waals surface area contributed by atoms with Crippen LogP contribution < -0.4 is 10.2 Å². The van der Waals surface area contributed by atoms with Crippen molar-refractivity contribution in [2.75, 3.05) is 11.4 Å². The number of nitrogens with zero attached hydrogens (tertiary/aromatic N) is 1. The van der Waals surface area contributed by atoms with Crippen LogP contribution in [0, 0.1) is 0 Å². The second-order valence-corrected chi connectivity index (χ2v) is 5.39. The molecule has 1 N–H and O–H groups in total. The lowest BCUT2D eigenvalue weighted by atomic mass is 10.1. The van der Waals surface area contributed by atoms with E-state index in [4.69, 9.17) is 0 Å². The van der Waals surface area contributed by atoms with Crippen molar-refractivity contribution in [3.8, 4) is 0 Å². The van der Waals surface area contributed by atoms with Crippen LogP contribution in [-0.2, 0) is 11.3 Å². The molecule has 3 rings (SSSR count). The number of hydrogen-bond donors (Lipinski definition) is 1. The molecule has 3 heteroatoms. The third-order valence-electron chi connectivity index (χ3n) is 3.88. The van der Waals surface area contributed by atoms with Gasteiger partial charge in [0.1, 0.15) is 0 Å². The van der Waals surface area contributed by atoms with Gasteiger partial charge in [0, 0.05) is 5.69 Å². The number of benzene rings is 2. The van der Waals surface area contributed by atoms with Crippen molar-refractivity contribution in [3.05, 3.63) is 66.2 Å². The number of hydrogen-bond acceptors (Lipinski definition) is 2. The molecule has 1 saturated heterocycles. The van der Waals surface area contributed by atoms with Crippen molar-refractivity contribution in [2.45, 2.75) is 25.4 Å². The Balaban J connectivity index is 1.85. The second-order valence-electron chi connectivity index (χ2n) is 5.39. The fourth-order valence-corrected chi connectivity index (χ4v) is 2.75. The number of para-hydroxylation sites is 1. The first-order chi connectivity index (χ1) is 10.3. The van der Waals surface area contributed by atoms with Gasteiger partial charge in [-0.05, 0) is 37.1 Å². The molecular weight excluding hydrogens is 260 g/mol. The van der Waals surface area contributed by atoms with E-state index in [1.165, 1.54) is 0 Å². The van der Waals surface area contributed by atoms with Gasteiger partial charge in [-0.15, -0.1) is 0 Å². The molecule has 1 aliphatic rings. The summed E-state index contributed by atoms with van der Waals surface area (Å²) in [6, 6.07) is 20.0. The maximum absolute atomic E-state index is 12.8. The first-order valence-electron chi connectivity index (χ1n) is 7.48. The minimum absolute atomic E-state index is 0.0473. The van der Waals surface area contributed by atoms with E-state index in [2.05, 4.69) is 17.4 Å². The SMILES string of the molecule is O=C([C@H]1CCCN1)N(Cc1ccccc1)c1ccccc1. The zero-order valence-electron chi connectivity index (χ0n) is 12.0. The molecule has 0 radical (unpaired) electrons. The molecule has 1 fully saturated rings. The molecule has 0 aromatic heterocycles. The normalized spacial score (nSPS) is 17.6. The molecule has 2 aromatic carbocycles. The van der Waals surface area contributed by atoms with Crippen LogP contribution in [0.4, 0.5) is 5.69 Å². The Morgan fingerprint density at radius 3 is 2.33 bits per heavy atom. The summed E-state index contributed by atoms with van der Waals surface area (Å²) < 4.78 is 0. The number of anilines is 1. The summed E-state index contributed by atoms with van der Waals surface area (Å²) >= 11 is 0. The topological polar surface area (TPSA) is 32.3 Å². The lowest BCUT2D eigenvalue weighted by Gasteiger charge is -2.26. The molecule has 108 valence electrons. The van der Waals surface area contributed by atoms with E-state index in [9.17, 15) is 4.79 Å². The minimum Gasteiger partial charge on any atom is -0.307 e. The molecule has 1 amide bonds. The van der Waals surface area contributed by atoms with Crippen LogP contribution in [-0.4, -0.2) is 18.5 Å². The first kappa shape index (κ1) is 13.8. The quantitative estimate of drug-likeness (QED) is 0.934. The summed E-state index contributed by atoms with van der Waals surface area (Å²) in [4.78, 5) is 14.7. The third-order valence-corrected chi connectivity index (χ3v) is 3.88. The van der Waals surface area contributed by atoms with Gasteiger partial charge in [0.15, 0.2) is 0 Å². The van der Waals surface area contributed by atoms with E-state index in [1.54, 1.807) is 0 Å². The molecule has 0 unspecified atom stereocenters. The van der Waals surface area contributed by atoms with Gasteiger partial charge in [0.05, 0.1) is 12.6 Å². The van der Waals surface area contributed by atoms with Crippen molar-refractivity contribution in [1.29, 1.82) is 0 Å². The average Bonchev–Trinajstić information content (AvgIpc) is 3.08. The molecule has 1 atom stereocenters. The largest absolute Gasteiger partial charge is 0.307 e. The molecule has 0 spiro atoms. The number of carbonyl (C=O) groups excluding carboxylic acids is 1. The van der Waals surface area contributed by atoms with E-state index in [0.29, 0.717) is 6.54 Å². The van der Waals surface area contributed by atoms with Crippen molar-refractivity contribution in [3.63, 3.8) is 0 Å². The number of amides is 1. The Hall–Kier alpha value is -2.13. The highest BCUT2D eigenvalue weighted by Gasteiger charge is 2.27. The highest BCUT2D eigenvalue weighted by atomic mass is 16.2. The lowest BCUT2D eigenvalue weighted by Crippen LogP contribution is -2.43. The van der Waals surface area contributed by atoms with Gasteiger partial charge < -0.3 is 10.2 Å². The van der Waals surface area contributed by atoms with Crippen molar-refractivity contribution in [1.82, 2.24) is 5.32 Å². The van der Waals surface area contributed by atoms with E-state index in [-0.39, 0.29) is 11.9 Å². The molecule has 1 heterocycles. The van der Waals surface area contributed by atoms with Crippen LogP contribution in [0.3, 0.4) is 0 Å². The Bertz CT molecular complexity index is 577. The Morgan fingerprint density at radius 1 is 1.05 bits per heavy atom. The summed E-state index contributed by atoms with van der Waals surface area (Å²) in [7, 11) is 0. The predicted molar refractivity (Wildman–Crippen MR) is 85.1 cm³/mol. The van der Waals surface area contributed by atoms with Gasteiger partial charge in [-0.3, -0.25) is 4.79 Å². The van der Waals surface area contributed by atoms with Gasteiger partial charge >= 0.3 is 0 Å². The summed E-state index contributed by atoms with van der Waals surface area (Å²) in [5.74, 6) is 0.169. The van der Waals surface area contributed by atoms with Crippen molar-refractivity contribution >= 4 is 11.6 Å². The maximum Gasteiger partial charge on any atom is 0.244 e. The number of nitrogens with one attached hydrogen (secondary N) is 1. The molecule has 2 aromatic rings. The van der Waals surface area contributed by atoms with Gasteiger partial charge in [-0.1, -0.05) is 48.5 Å². The lowest BCUT2D eigenvalue weighted by molar-refractivity contribution is -0.120. The minimum atomic E-state index is -0.0473. The van der Waals surface area contributed by atoms with Gasteiger partial charge in [0.25, 0.3) is 0 Å². The average molecular weight is 280 g/mol. The summed E-state index contributed by atoms with van der Waals surface area (Å²) in [5, 5.41) is 3.30. The van der Waals surface area contributed by atoms with Crippen LogP contribution in [0.1, 0.15) is 18.4 Å². The highest BCUT2D eigenvalue weighted by Crippen LogP contribution is 2.20. The smallest absolute Gasteiger partial charge is 0.244 e. The second kappa shape index (κ2) is 6.55. The summed E-state index contributed by atoms with van der Waals surface area (Å²) in [6.45, 7) is 1.55. The van der Waals surface area contributed by atoms with Crippen LogP contribution in [0.2, 0.25) is 0 Å². The molecule has 3 nitrogen and oxygen atoms in total. The van der Waals surface area contributed by atoms with E-state index in [0.717, 1.165) is 30.6 Å². The maximum atomic E-state index is 12.8. The Kier molecular flexibility index (Phi) is 4.31. The highest BCUT2D eigenvalue weighted by molar-refractivity contribution is 5.97. The van der Waals surface area contributed by atoms with E-state index in [1.807, 2.05) is 53.4 Å².